The fourth-order valence-corrected chi connectivity index (χ4v) is 4.00. The van der Waals surface area contributed by atoms with Gasteiger partial charge in [0.2, 0.25) is 5.89 Å². The molecule has 0 aromatic carbocycles. The van der Waals surface area contributed by atoms with Gasteiger partial charge in [-0.3, -0.25) is 4.90 Å². The van der Waals surface area contributed by atoms with Gasteiger partial charge in [-0.05, 0) is 59.5 Å². The SMILES string of the molecule is CCNC(=NCc1nc(C)c(C)o1)NCC1CCN(Cc2csc(C)n2)CC1.I. The molecule has 0 radical (unpaired) electrons. The monoisotopic (exact) mass is 532 g/mol. The van der Waals surface area contributed by atoms with E-state index in [9.17, 15) is 0 Å². The number of guanidine groups is 1. The maximum absolute atomic E-state index is 5.62. The average Bonchev–Trinajstić information content (AvgIpc) is 3.23. The van der Waals surface area contributed by atoms with Crippen LogP contribution in [0.25, 0.3) is 0 Å². The van der Waals surface area contributed by atoms with E-state index in [-0.39, 0.29) is 24.0 Å². The quantitative estimate of drug-likeness (QED) is 0.322. The summed E-state index contributed by atoms with van der Waals surface area (Å²) in [5, 5.41) is 10.1. The van der Waals surface area contributed by atoms with Crippen molar-refractivity contribution in [3.8, 4) is 0 Å². The first-order chi connectivity index (χ1) is 13.5. The van der Waals surface area contributed by atoms with Crippen molar-refractivity contribution in [3.63, 3.8) is 0 Å². The summed E-state index contributed by atoms with van der Waals surface area (Å²) in [5.41, 5.74) is 2.14. The van der Waals surface area contributed by atoms with Crippen LogP contribution in [0.15, 0.2) is 14.8 Å². The van der Waals surface area contributed by atoms with E-state index in [1.54, 1.807) is 11.3 Å². The normalized spacial score (nSPS) is 15.9. The summed E-state index contributed by atoms with van der Waals surface area (Å²) in [7, 11) is 0. The van der Waals surface area contributed by atoms with Gasteiger partial charge >= 0.3 is 0 Å². The molecule has 1 saturated heterocycles. The van der Waals surface area contributed by atoms with Crippen LogP contribution in [0.1, 0.15) is 47.8 Å². The van der Waals surface area contributed by atoms with Gasteiger partial charge in [-0.25, -0.2) is 15.0 Å². The molecule has 0 bridgehead atoms. The number of aryl methyl sites for hydroxylation is 3. The van der Waals surface area contributed by atoms with Gasteiger partial charge in [0.05, 0.1) is 16.4 Å². The summed E-state index contributed by atoms with van der Waals surface area (Å²) in [5.74, 6) is 3.03. The van der Waals surface area contributed by atoms with Gasteiger partial charge in [0.1, 0.15) is 12.3 Å². The summed E-state index contributed by atoms with van der Waals surface area (Å²) in [6.07, 6.45) is 2.40. The molecule has 3 rings (SSSR count). The maximum Gasteiger partial charge on any atom is 0.216 e. The van der Waals surface area contributed by atoms with Gasteiger partial charge in [-0.2, -0.15) is 0 Å². The summed E-state index contributed by atoms with van der Waals surface area (Å²) in [6.45, 7) is 13.5. The number of likely N-dealkylation sites (tertiary alicyclic amines) is 1. The molecule has 1 fully saturated rings. The molecule has 2 N–H and O–H groups in total. The van der Waals surface area contributed by atoms with Crippen molar-refractivity contribution in [3.05, 3.63) is 33.4 Å². The van der Waals surface area contributed by atoms with Crippen LogP contribution in [0.2, 0.25) is 0 Å². The number of halogens is 1. The van der Waals surface area contributed by atoms with Crippen molar-refractivity contribution >= 4 is 41.3 Å². The molecule has 1 aliphatic heterocycles. The highest BCUT2D eigenvalue weighted by molar-refractivity contribution is 14.0. The van der Waals surface area contributed by atoms with Crippen molar-refractivity contribution in [1.29, 1.82) is 0 Å². The van der Waals surface area contributed by atoms with Crippen molar-refractivity contribution < 1.29 is 4.42 Å². The first-order valence-corrected chi connectivity index (χ1v) is 11.0. The Morgan fingerprint density at radius 1 is 1.24 bits per heavy atom. The maximum atomic E-state index is 5.62. The van der Waals surface area contributed by atoms with E-state index in [0.29, 0.717) is 18.4 Å². The number of rotatable bonds is 7. The number of aromatic nitrogens is 2. The van der Waals surface area contributed by atoms with Crippen LogP contribution >= 0.6 is 35.3 Å². The Morgan fingerprint density at radius 2 is 2.00 bits per heavy atom. The summed E-state index contributed by atoms with van der Waals surface area (Å²) >= 11 is 1.74. The van der Waals surface area contributed by atoms with E-state index in [1.807, 2.05) is 13.8 Å². The van der Waals surface area contributed by atoms with Crippen LogP contribution in [0.4, 0.5) is 0 Å². The molecule has 1 aliphatic rings. The second kappa shape index (κ2) is 11.8. The van der Waals surface area contributed by atoms with Gasteiger partial charge in [0.25, 0.3) is 0 Å². The Labute approximate surface area is 194 Å². The Bertz CT molecular complexity index is 762. The summed E-state index contributed by atoms with van der Waals surface area (Å²) < 4.78 is 5.62. The molecule has 0 atom stereocenters. The number of oxazole rings is 1. The highest BCUT2D eigenvalue weighted by atomic mass is 127. The lowest BCUT2D eigenvalue weighted by atomic mass is 9.97. The fourth-order valence-electron chi connectivity index (χ4n) is 3.39. The Morgan fingerprint density at radius 3 is 2.59 bits per heavy atom. The molecule has 9 heteroatoms. The highest BCUT2D eigenvalue weighted by Gasteiger charge is 2.20. The van der Waals surface area contributed by atoms with E-state index in [0.717, 1.165) is 55.1 Å². The van der Waals surface area contributed by atoms with Gasteiger partial charge in [-0.15, -0.1) is 35.3 Å². The van der Waals surface area contributed by atoms with Crippen molar-refractivity contribution in [2.45, 2.75) is 53.6 Å². The predicted octanol–water partition coefficient (Wildman–Crippen LogP) is 3.64. The number of piperidine rings is 1. The molecule has 2 aromatic rings. The van der Waals surface area contributed by atoms with E-state index in [1.165, 1.54) is 18.5 Å². The third-order valence-corrected chi connectivity index (χ3v) is 5.93. The minimum atomic E-state index is 0. The molecule has 0 spiro atoms. The van der Waals surface area contributed by atoms with Gasteiger partial charge < -0.3 is 15.1 Å². The van der Waals surface area contributed by atoms with Crippen molar-refractivity contribution in [2.75, 3.05) is 26.2 Å². The molecule has 0 aliphatic carbocycles. The largest absolute Gasteiger partial charge is 0.444 e. The molecule has 7 nitrogen and oxygen atoms in total. The number of thiazole rings is 1. The van der Waals surface area contributed by atoms with E-state index in [4.69, 9.17) is 4.42 Å². The van der Waals surface area contributed by atoms with Crippen LogP contribution in [-0.4, -0.2) is 47.0 Å². The first-order valence-electron chi connectivity index (χ1n) is 10.1. The van der Waals surface area contributed by atoms with Gasteiger partial charge in [0.15, 0.2) is 5.96 Å². The lowest BCUT2D eigenvalue weighted by molar-refractivity contribution is 0.176. The predicted molar refractivity (Wildman–Crippen MR) is 129 cm³/mol. The van der Waals surface area contributed by atoms with Crippen LogP contribution in [0.3, 0.4) is 0 Å². The van der Waals surface area contributed by atoms with Crippen LogP contribution in [-0.2, 0) is 13.1 Å². The summed E-state index contributed by atoms with van der Waals surface area (Å²) in [4.78, 5) is 16.1. The lowest BCUT2D eigenvalue weighted by Gasteiger charge is -2.31. The van der Waals surface area contributed by atoms with Crippen molar-refractivity contribution in [1.82, 2.24) is 25.5 Å². The lowest BCUT2D eigenvalue weighted by Crippen LogP contribution is -2.42. The topological polar surface area (TPSA) is 78.6 Å². The highest BCUT2D eigenvalue weighted by Crippen LogP contribution is 2.19. The van der Waals surface area contributed by atoms with Crippen LogP contribution in [0.5, 0.6) is 0 Å². The van der Waals surface area contributed by atoms with Gasteiger partial charge in [0, 0.05) is 25.0 Å². The van der Waals surface area contributed by atoms with Gasteiger partial charge in [-0.1, -0.05) is 0 Å². The second-order valence-electron chi connectivity index (χ2n) is 7.40. The zero-order valence-electron chi connectivity index (χ0n) is 17.8. The van der Waals surface area contributed by atoms with Crippen molar-refractivity contribution in [2.24, 2.45) is 10.9 Å². The molecule has 2 aromatic heterocycles. The minimum absolute atomic E-state index is 0. The van der Waals surface area contributed by atoms with Crippen LogP contribution in [0, 0.1) is 26.7 Å². The number of hydrogen-bond donors (Lipinski definition) is 2. The number of nitrogens with zero attached hydrogens (tertiary/aromatic N) is 4. The zero-order valence-corrected chi connectivity index (χ0v) is 21.0. The Hall–Kier alpha value is -1.20. The molecular formula is C20H33IN6OS. The smallest absolute Gasteiger partial charge is 0.216 e. The number of hydrogen-bond acceptors (Lipinski definition) is 6. The Kier molecular flexibility index (Phi) is 9.84. The third-order valence-electron chi connectivity index (χ3n) is 5.11. The van der Waals surface area contributed by atoms with E-state index >= 15 is 0 Å². The number of nitrogens with one attached hydrogen (secondary N) is 2. The molecule has 0 unspecified atom stereocenters. The fraction of sp³-hybridized carbons (Fsp3) is 0.650. The standard InChI is InChI=1S/C20H32N6OS.HI/c1-5-21-20(23-11-19-24-14(2)15(3)27-19)22-10-17-6-8-26(9-7-17)12-18-13-28-16(4)25-18;/h13,17H,5-12H2,1-4H3,(H2,21,22,23);1H. The molecule has 0 amide bonds. The third kappa shape index (κ3) is 7.53. The second-order valence-corrected chi connectivity index (χ2v) is 8.46. The number of aliphatic imine (C=N–C) groups is 1. The molecule has 29 heavy (non-hydrogen) atoms. The average molecular weight is 532 g/mol. The first kappa shape index (κ1) is 24.1. The minimum Gasteiger partial charge on any atom is -0.444 e. The van der Waals surface area contributed by atoms with Crippen LogP contribution < -0.4 is 10.6 Å². The molecule has 0 saturated carbocycles. The Balaban J connectivity index is 0.00000300. The zero-order chi connectivity index (χ0) is 19.9. The molecule has 162 valence electrons. The molecule has 3 heterocycles. The summed E-state index contributed by atoms with van der Waals surface area (Å²) in [6, 6.07) is 0. The van der Waals surface area contributed by atoms with E-state index in [2.05, 4.69) is 49.7 Å². The van der Waals surface area contributed by atoms with E-state index < -0.39 is 0 Å². The molecular weight excluding hydrogens is 499 g/mol.